The summed E-state index contributed by atoms with van der Waals surface area (Å²) in [6.45, 7) is 5.01. The third-order valence-electron chi connectivity index (χ3n) is 3.93. The van der Waals surface area contributed by atoms with Crippen molar-refractivity contribution < 1.29 is 4.42 Å². The predicted octanol–water partition coefficient (Wildman–Crippen LogP) is 3.97. The Morgan fingerprint density at radius 3 is 2.64 bits per heavy atom. The minimum Gasteiger partial charge on any atom is -0.423 e. The van der Waals surface area contributed by atoms with Gasteiger partial charge in [-0.3, -0.25) is 4.90 Å². The van der Waals surface area contributed by atoms with Gasteiger partial charge in [-0.15, -0.1) is 11.3 Å². The van der Waals surface area contributed by atoms with Crippen LogP contribution in [0.4, 0.5) is 6.01 Å². The molecule has 0 amide bonds. The van der Waals surface area contributed by atoms with Crippen molar-refractivity contribution in [2.24, 2.45) is 0 Å². The maximum absolute atomic E-state index is 5.86. The first kappa shape index (κ1) is 14.2. The van der Waals surface area contributed by atoms with Gasteiger partial charge in [0.2, 0.25) is 0 Å². The van der Waals surface area contributed by atoms with Crippen LogP contribution in [0, 0.1) is 0 Å². The molecular weight excluding hydrogens is 362 g/mol. The lowest BCUT2D eigenvalue weighted by molar-refractivity contribution is 0.247. The molecule has 0 saturated carbocycles. The quantitative estimate of drug-likeness (QED) is 0.690. The van der Waals surface area contributed by atoms with Crippen LogP contribution in [0.15, 0.2) is 44.6 Å². The van der Waals surface area contributed by atoms with Crippen LogP contribution in [0.2, 0.25) is 0 Å². The molecular formula is C16H16BrN3OS. The van der Waals surface area contributed by atoms with Gasteiger partial charge in [0.25, 0.3) is 6.01 Å². The second-order valence-electron chi connectivity index (χ2n) is 5.43. The van der Waals surface area contributed by atoms with Crippen LogP contribution in [-0.2, 0) is 6.54 Å². The van der Waals surface area contributed by atoms with Gasteiger partial charge in [0.05, 0.1) is 3.79 Å². The highest BCUT2D eigenvalue weighted by Crippen LogP contribution is 2.25. The highest BCUT2D eigenvalue weighted by molar-refractivity contribution is 9.11. The average Bonchev–Trinajstić information content (AvgIpc) is 3.14. The number of thiophene rings is 1. The van der Waals surface area contributed by atoms with Gasteiger partial charge in [-0.1, -0.05) is 12.1 Å². The number of nitrogens with zero attached hydrogens (tertiary/aromatic N) is 3. The van der Waals surface area contributed by atoms with Crippen molar-refractivity contribution in [1.82, 2.24) is 9.88 Å². The number of hydrogen-bond acceptors (Lipinski definition) is 5. The Hall–Kier alpha value is -1.37. The Labute approximate surface area is 141 Å². The maximum atomic E-state index is 5.86. The maximum Gasteiger partial charge on any atom is 0.298 e. The number of hydrogen-bond donors (Lipinski definition) is 0. The summed E-state index contributed by atoms with van der Waals surface area (Å²) in [5.41, 5.74) is 1.80. The van der Waals surface area contributed by atoms with Crippen molar-refractivity contribution in [2.75, 3.05) is 31.1 Å². The topological polar surface area (TPSA) is 32.5 Å². The number of halogens is 1. The lowest BCUT2D eigenvalue weighted by Gasteiger charge is -2.33. The van der Waals surface area contributed by atoms with Crippen molar-refractivity contribution in [3.63, 3.8) is 0 Å². The molecule has 0 aliphatic carbocycles. The number of benzene rings is 1. The second-order valence-corrected chi connectivity index (χ2v) is 7.98. The minimum atomic E-state index is 0.750. The average molecular weight is 378 g/mol. The zero-order valence-corrected chi connectivity index (χ0v) is 14.4. The molecule has 2 aromatic heterocycles. The number of rotatable bonds is 3. The van der Waals surface area contributed by atoms with Crippen LogP contribution < -0.4 is 4.90 Å². The summed E-state index contributed by atoms with van der Waals surface area (Å²) < 4.78 is 7.06. The Kier molecular flexibility index (Phi) is 3.90. The van der Waals surface area contributed by atoms with Crippen LogP contribution in [-0.4, -0.2) is 36.1 Å². The fourth-order valence-corrected chi connectivity index (χ4v) is 4.28. The van der Waals surface area contributed by atoms with Gasteiger partial charge in [-0.2, -0.15) is 4.98 Å². The van der Waals surface area contributed by atoms with Crippen molar-refractivity contribution in [3.05, 3.63) is 45.1 Å². The molecule has 6 heteroatoms. The number of para-hydroxylation sites is 2. The predicted molar refractivity (Wildman–Crippen MR) is 93.5 cm³/mol. The van der Waals surface area contributed by atoms with Crippen molar-refractivity contribution in [2.45, 2.75) is 6.54 Å². The highest BCUT2D eigenvalue weighted by Gasteiger charge is 2.21. The zero-order valence-electron chi connectivity index (χ0n) is 12.0. The standard InChI is InChI=1S/C16H16BrN3OS/c17-15-6-5-12(22-15)11-19-7-9-20(10-8-19)16-18-13-3-1-2-4-14(13)21-16/h1-6H,7-11H2. The Bertz CT molecular complexity index is 743. The molecule has 3 heterocycles. The van der Waals surface area contributed by atoms with Gasteiger partial charge in [-0.05, 0) is 40.2 Å². The molecule has 22 heavy (non-hydrogen) atoms. The number of fused-ring (bicyclic) bond motifs is 1. The van der Waals surface area contributed by atoms with Crippen LogP contribution in [0.3, 0.4) is 0 Å². The van der Waals surface area contributed by atoms with Gasteiger partial charge in [0.15, 0.2) is 5.58 Å². The van der Waals surface area contributed by atoms with Gasteiger partial charge >= 0.3 is 0 Å². The first-order valence-electron chi connectivity index (χ1n) is 7.35. The summed E-state index contributed by atoms with van der Waals surface area (Å²) in [6, 6.07) is 13.0. The van der Waals surface area contributed by atoms with E-state index >= 15 is 0 Å². The van der Waals surface area contributed by atoms with E-state index in [0.29, 0.717) is 0 Å². The number of oxazole rings is 1. The van der Waals surface area contributed by atoms with Gasteiger partial charge < -0.3 is 9.32 Å². The third kappa shape index (κ3) is 2.91. The molecule has 4 rings (SSSR count). The Morgan fingerprint density at radius 2 is 1.91 bits per heavy atom. The minimum absolute atomic E-state index is 0.750. The van der Waals surface area contributed by atoms with Gasteiger partial charge in [-0.25, -0.2) is 0 Å². The summed E-state index contributed by atoms with van der Waals surface area (Å²) >= 11 is 5.34. The summed E-state index contributed by atoms with van der Waals surface area (Å²) in [5, 5.41) is 0. The second kappa shape index (κ2) is 6.02. The van der Waals surface area contributed by atoms with Gasteiger partial charge in [0, 0.05) is 37.6 Å². The number of anilines is 1. The molecule has 0 bridgehead atoms. The van der Waals surface area contributed by atoms with Crippen molar-refractivity contribution in [3.8, 4) is 0 Å². The Balaban J connectivity index is 1.40. The molecule has 3 aromatic rings. The monoisotopic (exact) mass is 377 g/mol. The van der Waals surface area contributed by atoms with E-state index in [0.717, 1.165) is 49.8 Å². The number of aromatic nitrogens is 1. The van der Waals surface area contributed by atoms with E-state index in [2.05, 4.69) is 42.8 Å². The van der Waals surface area contributed by atoms with E-state index in [9.17, 15) is 0 Å². The molecule has 1 aromatic carbocycles. The molecule has 0 atom stereocenters. The fraction of sp³-hybridized carbons (Fsp3) is 0.312. The molecule has 0 radical (unpaired) electrons. The summed E-state index contributed by atoms with van der Waals surface area (Å²) in [4.78, 5) is 10.7. The lowest BCUT2D eigenvalue weighted by Crippen LogP contribution is -2.46. The molecule has 114 valence electrons. The van der Waals surface area contributed by atoms with E-state index in [1.807, 2.05) is 35.6 Å². The lowest BCUT2D eigenvalue weighted by atomic mass is 10.3. The summed E-state index contributed by atoms with van der Waals surface area (Å²) in [5.74, 6) is 0. The first-order valence-corrected chi connectivity index (χ1v) is 8.96. The normalized spacial score (nSPS) is 16.5. The molecule has 1 aliphatic rings. The van der Waals surface area contributed by atoms with E-state index in [1.165, 1.54) is 8.66 Å². The van der Waals surface area contributed by atoms with Crippen LogP contribution >= 0.6 is 27.3 Å². The first-order chi connectivity index (χ1) is 10.8. The van der Waals surface area contributed by atoms with E-state index in [4.69, 9.17) is 4.42 Å². The number of piperazine rings is 1. The van der Waals surface area contributed by atoms with Crippen LogP contribution in [0.1, 0.15) is 4.88 Å². The Morgan fingerprint density at radius 1 is 1.09 bits per heavy atom. The largest absolute Gasteiger partial charge is 0.423 e. The smallest absolute Gasteiger partial charge is 0.298 e. The molecule has 4 nitrogen and oxygen atoms in total. The van der Waals surface area contributed by atoms with Crippen LogP contribution in [0.5, 0.6) is 0 Å². The SMILES string of the molecule is Brc1ccc(CN2CCN(c3nc4ccccc4o3)CC2)s1. The van der Waals surface area contributed by atoms with Gasteiger partial charge in [0.1, 0.15) is 5.52 Å². The van der Waals surface area contributed by atoms with Crippen molar-refractivity contribution in [1.29, 1.82) is 0 Å². The molecule has 1 fully saturated rings. The molecule has 0 unspecified atom stereocenters. The third-order valence-corrected chi connectivity index (χ3v) is 5.54. The molecule has 0 spiro atoms. The van der Waals surface area contributed by atoms with E-state index in [1.54, 1.807) is 0 Å². The highest BCUT2D eigenvalue weighted by atomic mass is 79.9. The molecule has 1 saturated heterocycles. The summed E-state index contributed by atoms with van der Waals surface area (Å²) in [7, 11) is 0. The fourth-order valence-electron chi connectivity index (χ4n) is 2.75. The molecule has 0 N–H and O–H groups in total. The van der Waals surface area contributed by atoms with E-state index in [-0.39, 0.29) is 0 Å². The summed E-state index contributed by atoms with van der Waals surface area (Å²) in [6.07, 6.45) is 0. The molecule has 1 aliphatic heterocycles. The van der Waals surface area contributed by atoms with Crippen LogP contribution in [0.25, 0.3) is 11.1 Å². The van der Waals surface area contributed by atoms with E-state index < -0.39 is 0 Å². The zero-order chi connectivity index (χ0) is 14.9. The van der Waals surface area contributed by atoms with Crippen molar-refractivity contribution >= 4 is 44.4 Å².